The minimum atomic E-state index is -0.452. The molecule has 2 N–H and O–H groups in total. The predicted molar refractivity (Wildman–Crippen MR) is 63.2 cm³/mol. The zero-order chi connectivity index (χ0) is 12.0. The molecule has 1 aromatic rings. The number of nitrogens with two attached hydrogens (primary N) is 1. The number of non-ortho nitro benzene ring substituents is 1. The largest absolute Gasteiger partial charge is 0.390 e. The van der Waals surface area contributed by atoms with E-state index in [0.717, 1.165) is 0 Å². The van der Waals surface area contributed by atoms with Crippen LogP contribution in [0.2, 0.25) is 0 Å². The van der Waals surface area contributed by atoms with E-state index in [1.807, 2.05) is 6.92 Å². The van der Waals surface area contributed by atoms with Gasteiger partial charge in [0.25, 0.3) is 5.69 Å². The summed E-state index contributed by atoms with van der Waals surface area (Å²) in [5, 5.41) is 10.4. The van der Waals surface area contributed by atoms with Gasteiger partial charge < -0.3 is 5.73 Å². The van der Waals surface area contributed by atoms with Crippen LogP contribution in [0.3, 0.4) is 0 Å². The van der Waals surface area contributed by atoms with Gasteiger partial charge in [0.15, 0.2) is 0 Å². The first-order chi connectivity index (χ1) is 7.67. The topological polar surface area (TPSA) is 93.9 Å². The smallest absolute Gasteiger partial charge is 0.269 e. The van der Waals surface area contributed by atoms with Gasteiger partial charge in [-0.2, -0.15) is 0 Å². The first kappa shape index (κ1) is 11.8. The molecule has 0 unspecified atom stereocenters. The lowest BCUT2D eigenvalue weighted by Gasteiger charge is -1.97. The second-order valence-electron chi connectivity index (χ2n) is 2.93. The highest BCUT2D eigenvalue weighted by atomic mass is 16.6. The molecule has 16 heavy (non-hydrogen) atoms. The van der Waals surface area contributed by atoms with Crippen LogP contribution in [0, 0.1) is 10.1 Å². The lowest BCUT2D eigenvalue weighted by atomic mass is 10.3. The van der Waals surface area contributed by atoms with Crippen molar-refractivity contribution in [2.24, 2.45) is 15.7 Å². The number of hydrogen-bond donors (Lipinski definition) is 1. The van der Waals surface area contributed by atoms with Crippen molar-refractivity contribution >= 4 is 23.5 Å². The molecule has 1 aromatic carbocycles. The molecule has 0 aliphatic rings. The summed E-state index contributed by atoms with van der Waals surface area (Å²) in [5.41, 5.74) is 5.82. The van der Waals surface area contributed by atoms with Crippen molar-refractivity contribution in [2.45, 2.75) is 13.3 Å². The molecule has 0 saturated heterocycles. The maximum atomic E-state index is 10.4. The average Bonchev–Trinajstić information content (AvgIpc) is 2.29. The summed E-state index contributed by atoms with van der Waals surface area (Å²) in [6.45, 7) is 1.90. The summed E-state index contributed by atoms with van der Waals surface area (Å²) in [5.74, 6) is 0.580. The number of nitrogens with zero attached hydrogens (tertiary/aromatic N) is 3. The normalized spacial score (nSPS) is 11.9. The molecule has 0 atom stereocenters. The van der Waals surface area contributed by atoms with Gasteiger partial charge in [0.05, 0.1) is 16.9 Å². The molecule has 1 rings (SSSR count). The fourth-order valence-corrected chi connectivity index (χ4v) is 1.08. The SMILES string of the molecule is CCC(N=CN)=Nc1ccc([N+](=O)[O-])cc1. The zero-order valence-electron chi connectivity index (χ0n) is 8.83. The van der Waals surface area contributed by atoms with Gasteiger partial charge in [-0.1, -0.05) is 6.92 Å². The fraction of sp³-hybridized carbons (Fsp3) is 0.200. The maximum absolute atomic E-state index is 10.4. The van der Waals surface area contributed by atoms with Crippen LogP contribution in [-0.4, -0.2) is 17.1 Å². The Bertz CT molecular complexity index is 423. The van der Waals surface area contributed by atoms with Crippen molar-refractivity contribution < 1.29 is 4.92 Å². The number of nitro benzene ring substituents is 1. The van der Waals surface area contributed by atoms with Gasteiger partial charge in [-0.05, 0) is 12.1 Å². The monoisotopic (exact) mass is 220 g/mol. The summed E-state index contributed by atoms with van der Waals surface area (Å²) < 4.78 is 0. The Kier molecular flexibility index (Phi) is 4.14. The van der Waals surface area contributed by atoms with Crippen molar-refractivity contribution in [2.75, 3.05) is 0 Å². The van der Waals surface area contributed by atoms with E-state index >= 15 is 0 Å². The molecule has 6 heteroatoms. The number of benzene rings is 1. The molecular weight excluding hydrogens is 208 g/mol. The van der Waals surface area contributed by atoms with Gasteiger partial charge in [0.1, 0.15) is 5.84 Å². The van der Waals surface area contributed by atoms with Crippen LogP contribution in [0.4, 0.5) is 11.4 Å². The lowest BCUT2D eigenvalue weighted by Crippen LogP contribution is -1.96. The Labute approximate surface area is 92.7 Å². The first-order valence-electron chi connectivity index (χ1n) is 4.73. The van der Waals surface area contributed by atoms with E-state index in [1.54, 1.807) is 12.1 Å². The zero-order valence-corrected chi connectivity index (χ0v) is 8.83. The van der Waals surface area contributed by atoms with Crippen LogP contribution in [-0.2, 0) is 0 Å². The quantitative estimate of drug-likeness (QED) is 0.365. The highest BCUT2D eigenvalue weighted by Gasteiger charge is 2.03. The van der Waals surface area contributed by atoms with Crippen molar-refractivity contribution in [1.29, 1.82) is 0 Å². The van der Waals surface area contributed by atoms with Crippen LogP contribution in [0.15, 0.2) is 34.3 Å². The summed E-state index contributed by atoms with van der Waals surface area (Å²) in [7, 11) is 0. The third kappa shape index (κ3) is 3.16. The van der Waals surface area contributed by atoms with Gasteiger partial charge in [-0.15, -0.1) is 0 Å². The summed E-state index contributed by atoms with van der Waals surface area (Å²) in [6, 6.07) is 5.94. The Balaban J connectivity index is 2.93. The van der Waals surface area contributed by atoms with Crippen molar-refractivity contribution in [3.8, 4) is 0 Å². The predicted octanol–water partition coefficient (Wildman–Crippen LogP) is 2.02. The lowest BCUT2D eigenvalue weighted by molar-refractivity contribution is -0.384. The first-order valence-corrected chi connectivity index (χ1v) is 4.73. The van der Waals surface area contributed by atoms with Crippen LogP contribution >= 0.6 is 0 Å². The highest BCUT2D eigenvalue weighted by Crippen LogP contribution is 2.18. The molecule has 0 aliphatic carbocycles. The minimum Gasteiger partial charge on any atom is -0.390 e. The Morgan fingerprint density at radius 1 is 1.50 bits per heavy atom. The number of nitro groups is 1. The van der Waals surface area contributed by atoms with E-state index in [2.05, 4.69) is 9.98 Å². The van der Waals surface area contributed by atoms with Crippen LogP contribution in [0.1, 0.15) is 13.3 Å². The summed E-state index contributed by atoms with van der Waals surface area (Å²) >= 11 is 0. The van der Waals surface area contributed by atoms with Crippen molar-refractivity contribution in [3.05, 3.63) is 34.4 Å². The van der Waals surface area contributed by atoms with Gasteiger partial charge in [-0.25, -0.2) is 9.98 Å². The van der Waals surface area contributed by atoms with Crippen molar-refractivity contribution in [3.63, 3.8) is 0 Å². The molecule has 0 aromatic heterocycles. The molecule has 0 amide bonds. The van der Waals surface area contributed by atoms with E-state index < -0.39 is 4.92 Å². The molecule has 84 valence electrons. The standard InChI is InChI=1S/C10H12N4O2/c1-2-10(12-7-11)13-8-3-5-9(6-4-8)14(15)16/h3-7H,2H2,1H3,(H2,11,12,13). The summed E-state index contributed by atoms with van der Waals surface area (Å²) in [4.78, 5) is 18.0. The average molecular weight is 220 g/mol. The molecule has 6 nitrogen and oxygen atoms in total. The second kappa shape index (κ2) is 5.59. The van der Waals surface area contributed by atoms with E-state index in [1.165, 1.54) is 18.5 Å². The number of aliphatic imine (C=N–C) groups is 2. The van der Waals surface area contributed by atoms with Crippen LogP contribution < -0.4 is 5.73 Å². The van der Waals surface area contributed by atoms with Crippen LogP contribution in [0.25, 0.3) is 0 Å². The van der Waals surface area contributed by atoms with Crippen molar-refractivity contribution in [1.82, 2.24) is 0 Å². The number of amidine groups is 1. The fourth-order valence-electron chi connectivity index (χ4n) is 1.08. The number of hydrogen-bond acceptors (Lipinski definition) is 3. The van der Waals surface area contributed by atoms with Gasteiger partial charge in [0, 0.05) is 18.6 Å². The van der Waals surface area contributed by atoms with Gasteiger partial charge in [0.2, 0.25) is 0 Å². The summed E-state index contributed by atoms with van der Waals surface area (Å²) in [6.07, 6.45) is 1.82. The third-order valence-corrected chi connectivity index (χ3v) is 1.86. The molecule has 0 bridgehead atoms. The molecule has 0 radical (unpaired) electrons. The molecule has 0 heterocycles. The van der Waals surface area contributed by atoms with Gasteiger partial charge in [-0.3, -0.25) is 10.1 Å². The molecule has 0 aliphatic heterocycles. The Hall–Kier alpha value is -2.24. The molecule has 0 fully saturated rings. The maximum Gasteiger partial charge on any atom is 0.269 e. The number of rotatable bonds is 3. The van der Waals surface area contributed by atoms with E-state index in [-0.39, 0.29) is 5.69 Å². The molecule has 0 saturated carbocycles. The van der Waals surface area contributed by atoms with E-state index in [9.17, 15) is 10.1 Å². The van der Waals surface area contributed by atoms with Crippen LogP contribution in [0.5, 0.6) is 0 Å². The van der Waals surface area contributed by atoms with E-state index in [4.69, 9.17) is 5.73 Å². The van der Waals surface area contributed by atoms with Gasteiger partial charge >= 0.3 is 0 Å². The Morgan fingerprint density at radius 2 is 2.12 bits per heavy atom. The Morgan fingerprint density at radius 3 is 2.56 bits per heavy atom. The molecular formula is C10H12N4O2. The minimum absolute atomic E-state index is 0.0410. The van der Waals surface area contributed by atoms with E-state index in [0.29, 0.717) is 17.9 Å². The molecule has 0 spiro atoms. The highest BCUT2D eigenvalue weighted by molar-refractivity contribution is 5.90. The second-order valence-corrected chi connectivity index (χ2v) is 2.93. The third-order valence-electron chi connectivity index (χ3n) is 1.86.